The minimum absolute atomic E-state index is 0.00488. The Morgan fingerprint density at radius 3 is 3.05 bits per heavy atom. The van der Waals surface area contributed by atoms with Crippen molar-refractivity contribution in [3.8, 4) is 5.75 Å². The van der Waals surface area contributed by atoms with Crippen molar-refractivity contribution in [2.24, 2.45) is 0 Å². The fourth-order valence-corrected chi connectivity index (χ4v) is 2.01. The summed E-state index contributed by atoms with van der Waals surface area (Å²) in [6.45, 7) is 1.85. The fourth-order valence-electron chi connectivity index (χ4n) is 2.01. The molecule has 0 saturated heterocycles. The lowest BCUT2D eigenvalue weighted by Gasteiger charge is -2.12. The number of benzene rings is 1. The van der Waals surface area contributed by atoms with Gasteiger partial charge in [0, 0.05) is 17.5 Å². The van der Waals surface area contributed by atoms with Crippen molar-refractivity contribution in [3.05, 3.63) is 52.9 Å². The molecule has 0 aliphatic rings. The minimum Gasteiger partial charge on any atom is -0.489 e. The summed E-state index contributed by atoms with van der Waals surface area (Å²) in [5.74, 6) is 0.496. The molecule has 7 heteroatoms. The molecule has 7 nitrogen and oxygen atoms in total. The van der Waals surface area contributed by atoms with Crippen molar-refractivity contribution in [2.75, 3.05) is 6.61 Å². The van der Waals surface area contributed by atoms with Crippen molar-refractivity contribution in [1.29, 1.82) is 0 Å². The Hall–Kier alpha value is -2.67. The Balaban J connectivity index is 1.80. The molecule has 0 saturated carbocycles. The molecule has 2 heterocycles. The average Bonchev–Trinajstić information content (AvgIpc) is 2.98. The smallest absolute Gasteiger partial charge is 0.336 e. The summed E-state index contributed by atoms with van der Waals surface area (Å²) >= 11 is 0. The van der Waals surface area contributed by atoms with Crippen molar-refractivity contribution in [1.82, 2.24) is 14.8 Å². The predicted molar refractivity (Wildman–Crippen MR) is 74.0 cm³/mol. The van der Waals surface area contributed by atoms with Gasteiger partial charge in [0.25, 0.3) is 0 Å². The molecule has 1 atom stereocenters. The molecular formula is C14H13N3O4. The van der Waals surface area contributed by atoms with Gasteiger partial charge in [0.1, 0.15) is 30.6 Å². The van der Waals surface area contributed by atoms with E-state index in [2.05, 4.69) is 10.1 Å². The number of aliphatic hydroxyl groups is 1. The zero-order valence-electron chi connectivity index (χ0n) is 11.3. The van der Waals surface area contributed by atoms with Crippen LogP contribution in [0.4, 0.5) is 0 Å². The lowest BCUT2D eigenvalue weighted by molar-refractivity contribution is 0.0391. The van der Waals surface area contributed by atoms with Crippen molar-refractivity contribution < 1.29 is 14.3 Å². The first-order valence-corrected chi connectivity index (χ1v) is 6.33. The molecule has 0 spiro atoms. The van der Waals surface area contributed by atoms with Crippen LogP contribution in [0.1, 0.15) is 11.8 Å². The first kappa shape index (κ1) is 13.3. The maximum atomic E-state index is 11.4. The van der Waals surface area contributed by atoms with Gasteiger partial charge in [0.15, 0.2) is 6.23 Å². The van der Waals surface area contributed by atoms with E-state index in [1.54, 1.807) is 12.1 Å². The second-order valence-corrected chi connectivity index (χ2v) is 4.57. The van der Waals surface area contributed by atoms with Gasteiger partial charge in [-0.25, -0.2) is 14.5 Å². The number of aliphatic hydroxyl groups excluding tert-OH is 1. The Kier molecular flexibility index (Phi) is 3.41. The van der Waals surface area contributed by atoms with Crippen LogP contribution in [0, 0.1) is 6.92 Å². The van der Waals surface area contributed by atoms with Gasteiger partial charge in [-0.2, -0.15) is 5.10 Å². The maximum absolute atomic E-state index is 11.4. The summed E-state index contributed by atoms with van der Waals surface area (Å²) < 4.78 is 11.9. The molecule has 1 aromatic carbocycles. The van der Waals surface area contributed by atoms with Crippen LogP contribution in [0.3, 0.4) is 0 Å². The van der Waals surface area contributed by atoms with Gasteiger partial charge >= 0.3 is 5.63 Å². The molecule has 108 valence electrons. The molecule has 0 aliphatic heterocycles. The number of aromatic nitrogens is 3. The molecule has 0 radical (unpaired) electrons. The highest BCUT2D eigenvalue weighted by Crippen LogP contribution is 2.22. The van der Waals surface area contributed by atoms with Crippen LogP contribution < -0.4 is 10.4 Å². The Bertz CT molecular complexity index is 811. The third kappa shape index (κ3) is 2.77. The molecule has 0 aliphatic carbocycles. The summed E-state index contributed by atoms with van der Waals surface area (Å²) in [6, 6.07) is 6.63. The fraction of sp³-hybridized carbons (Fsp3) is 0.214. The third-order valence-corrected chi connectivity index (χ3v) is 3.06. The zero-order chi connectivity index (χ0) is 14.8. The lowest BCUT2D eigenvalue weighted by Crippen LogP contribution is -2.17. The number of nitrogens with zero attached hydrogens (tertiary/aromatic N) is 3. The van der Waals surface area contributed by atoms with Crippen molar-refractivity contribution >= 4 is 11.0 Å². The zero-order valence-corrected chi connectivity index (χ0v) is 11.3. The van der Waals surface area contributed by atoms with E-state index in [-0.39, 0.29) is 6.61 Å². The highest BCUT2D eigenvalue weighted by molar-refractivity contribution is 5.81. The van der Waals surface area contributed by atoms with Crippen LogP contribution >= 0.6 is 0 Å². The van der Waals surface area contributed by atoms with Gasteiger partial charge in [0.2, 0.25) is 0 Å². The van der Waals surface area contributed by atoms with Crippen LogP contribution in [0.15, 0.2) is 46.1 Å². The van der Waals surface area contributed by atoms with E-state index in [0.29, 0.717) is 11.3 Å². The number of hydrogen-bond acceptors (Lipinski definition) is 6. The Labute approximate surface area is 119 Å². The number of fused-ring (bicyclic) bond motifs is 1. The van der Waals surface area contributed by atoms with Crippen molar-refractivity contribution in [3.63, 3.8) is 0 Å². The number of hydrogen-bond donors (Lipinski definition) is 1. The molecule has 0 amide bonds. The molecule has 0 bridgehead atoms. The highest BCUT2D eigenvalue weighted by Gasteiger charge is 2.09. The normalized spacial score (nSPS) is 12.5. The quantitative estimate of drug-likeness (QED) is 0.726. The van der Waals surface area contributed by atoms with Gasteiger partial charge in [0.05, 0.1) is 0 Å². The summed E-state index contributed by atoms with van der Waals surface area (Å²) in [5, 5.41) is 14.5. The Morgan fingerprint density at radius 2 is 2.29 bits per heavy atom. The summed E-state index contributed by atoms with van der Waals surface area (Å²) in [6.07, 6.45) is 1.79. The van der Waals surface area contributed by atoms with Gasteiger partial charge in [-0.05, 0) is 24.6 Å². The lowest BCUT2D eigenvalue weighted by atomic mass is 10.1. The summed E-state index contributed by atoms with van der Waals surface area (Å²) in [4.78, 5) is 15.1. The Morgan fingerprint density at radius 1 is 1.43 bits per heavy atom. The minimum atomic E-state index is -0.937. The highest BCUT2D eigenvalue weighted by atomic mass is 16.5. The largest absolute Gasteiger partial charge is 0.489 e. The van der Waals surface area contributed by atoms with Gasteiger partial charge in [-0.15, -0.1) is 0 Å². The molecule has 3 aromatic rings. The molecular weight excluding hydrogens is 274 g/mol. The van der Waals surface area contributed by atoms with E-state index in [4.69, 9.17) is 9.15 Å². The molecule has 1 unspecified atom stereocenters. The van der Waals surface area contributed by atoms with Gasteiger partial charge in [-0.3, -0.25) is 0 Å². The summed E-state index contributed by atoms with van der Waals surface area (Å²) in [7, 11) is 0. The average molecular weight is 287 g/mol. The topological polar surface area (TPSA) is 90.4 Å². The van der Waals surface area contributed by atoms with Gasteiger partial charge < -0.3 is 14.3 Å². The number of aryl methyl sites for hydroxylation is 1. The van der Waals surface area contributed by atoms with Crippen LogP contribution in [-0.4, -0.2) is 26.5 Å². The van der Waals surface area contributed by atoms with Crippen LogP contribution in [0.2, 0.25) is 0 Å². The monoisotopic (exact) mass is 287 g/mol. The van der Waals surface area contributed by atoms with Crippen LogP contribution in [-0.2, 0) is 0 Å². The van der Waals surface area contributed by atoms with E-state index in [9.17, 15) is 9.90 Å². The van der Waals surface area contributed by atoms with Crippen molar-refractivity contribution in [2.45, 2.75) is 13.2 Å². The third-order valence-electron chi connectivity index (χ3n) is 3.06. The molecule has 3 rings (SSSR count). The SMILES string of the molecule is Cc1cc(=O)oc2cc(OCC(O)n3cncn3)ccc12. The number of rotatable bonds is 4. The second-order valence-electron chi connectivity index (χ2n) is 4.57. The first-order chi connectivity index (χ1) is 10.1. The van der Waals surface area contributed by atoms with E-state index in [1.165, 1.54) is 23.4 Å². The van der Waals surface area contributed by atoms with E-state index in [1.807, 2.05) is 13.0 Å². The van der Waals surface area contributed by atoms with Gasteiger partial charge in [-0.1, -0.05) is 0 Å². The first-order valence-electron chi connectivity index (χ1n) is 6.33. The molecule has 2 aromatic heterocycles. The predicted octanol–water partition coefficient (Wildman–Crippen LogP) is 1.26. The molecule has 1 N–H and O–H groups in total. The van der Waals surface area contributed by atoms with Crippen LogP contribution in [0.5, 0.6) is 5.75 Å². The van der Waals surface area contributed by atoms with E-state index in [0.717, 1.165) is 10.9 Å². The molecule has 0 fully saturated rings. The second kappa shape index (κ2) is 5.37. The van der Waals surface area contributed by atoms with Crippen LogP contribution in [0.25, 0.3) is 11.0 Å². The maximum Gasteiger partial charge on any atom is 0.336 e. The van der Waals surface area contributed by atoms with E-state index >= 15 is 0 Å². The summed E-state index contributed by atoms with van der Waals surface area (Å²) in [5.41, 5.74) is 0.892. The molecule has 21 heavy (non-hydrogen) atoms. The standard InChI is InChI=1S/C14H13N3O4/c1-9-4-14(19)21-12-5-10(2-3-11(9)12)20-6-13(18)17-8-15-7-16-17/h2-5,7-8,13,18H,6H2,1H3. The van der Waals surface area contributed by atoms with E-state index < -0.39 is 11.9 Å². The number of ether oxygens (including phenoxy) is 1.